The highest BCUT2D eigenvalue weighted by Crippen LogP contribution is 2.27. The molecule has 22 heavy (non-hydrogen) atoms. The van der Waals surface area contributed by atoms with Crippen molar-refractivity contribution in [3.63, 3.8) is 0 Å². The lowest BCUT2D eigenvalue weighted by Gasteiger charge is -2.25. The summed E-state index contributed by atoms with van der Waals surface area (Å²) in [4.78, 5) is 2.29. The Morgan fingerprint density at radius 3 is 2.45 bits per heavy atom. The summed E-state index contributed by atoms with van der Waals surface area (Å²) in [5.41, 5.74) is 3.55. The average molecular weight is 378 g/mol. The van der Waals surface area contributed by atoms with Gasteiger partial charge in [0.05, 0.1) is 16.1 Å². The molecule has 2 nitrogen and oxygen atoms in total. The molecule has 0 fully saturated rings. The summed E-state index contributed by atoms with van der Waals surface area (Å²) in [6.45, 7) is 3.11. The molecule has 0 spiro atoms. The third kappa shape index (κ3) is 3.31. The molecule has 1 heterocycles. The number of halogens is 2. The van der Waals surface area contributed by atoms with Crippen LogP contribution in [-0.4, -0.2) is 21.5 Å². The van der Waals surface area contributed by atoms with E-state index in [4.69, 9.17) is 11.6 Å². The van der Waals surface area contributed by atoms with E-state index < -0.39 is 0 Å². The Morgan fingerprint density at radius 1 is 1.05 bits per heavy atom. The van der Waals surface area contributed by atoms with Crippen LogP contribution >= 0.6 is 27.7 Å². The minimum absolute atomic E-state index is 0.336. The van der Waals surface area contributed by atoms with E-state index in [1.54, 1.807) is 0 Å². The predicted octanol–water partition coefficient (Wildman–Crippen LogP) is 5.29. The van der Waals surface area contributed by atoms with E-state index in [2.05, 4.69) is 64.5 Å². The van der Waals surface area contributed by atoms with E-state index >= 15 is 0 Å². The number of hydrogen-bond donors (Lipinski definition) is 0. The van der Waals surface area contributed by atoms with E-state index in [-0.39, 0.29) is 0 Å². The monoisotopic (exact) mass is 376 g/mol. The van der Waals surface area contributed by atoms with Gasteiger partial charge in [0.15, 0.2) is 0 Å². The lowest BCUT2D eigenvalue weighted by atomic mass is 10.0. The highest BCUT2D eigenvalue weighted by Gasteiger charge is 2.19. The van der Waals surface area contributed by atoms with Gasteiger partial charge in [-0.1, -0.05) is 54.1 Å². The number of rotatable bonds is 4. The summed E-state index contributed by atoms with van der Waals surface area (Å²) in [6.07, 6.45) is 5.40. The number of nitrogens with zero attached hydrogens (tertiary/aromatic N) is 2. The Labute approximate surface area is 145 Å². The van der Waals surface area contributed by atoms with Gasteiger partial charge in [0.2, 0.25) is 0 Å². The van der Waals surface area contributed by atoms with Crippen molar-refractivity contribution in [2.24, 2.45) is 0 Å². The Morgan fingerprint density at radius 2 is 1.82 bits per heavy atom. The van der Waals surface area contributed by atoms with Gasteiger partial charge in [-0.25, -0.2) is 0 Å². The quantitative estimate of drug-likeness (QED) is 0.668. The van der Waals surface area contributed by atoms with Crippen molar-refractivity contribution >= 4 is 27.7 Å². The van der Waals surface area contributed by atoms with Crippen molar-refractivity contribution in [1.82, 2.24) is 8.83 Å². The average Bonchev–Trinajstić information content (AvgIpc) is 2.86. The Bertz CT molecular complexity index is 672. The van der Waals surface area contributed by atoms with E-state index in [1.165, 1.54) is 11.1 Å². The second kappa shape index (κ2) is 6.76. The van der Waals surface area contributed by atoms with Crippen molar-refractivity contribution in [2.75, 3.05) is 6.54 Å². The lowest BCUT2D eigenvalue weighted by Crippen LogP contribution is -2.32. The van der Waals surface area contributed by atoms with Crippen molar-refractivity contribution in [3.05, 3.63) is 71.5 Å². The molecule has 1 aliphatic heterocycles. The molecule has 0 saturated heterocycles. The lowest BCUT2D eigenvalue weighted by molar-refractivity contribution is 0.251. The first-order chi connectivity index (χ1) is 10.6. The largest absolute Gasteiger partial charge is 0.355 e. The number of benzene rings is 2. The molecule has 0 saturated carbocycles. The SMILES string of the molecule is CC1N(Br)C=CN1CCc1ccc(-c2ccccc2)cc1Cl. The molecule has 3 rings (SSSR count). The fourth-order valence-corrected chi connectivity index (χ4v) is 3.23. The van der Waals surface area contributed by atoms with Crippen LogP contribution in [0.3, 0.4) is 0 Å². The summed E-state index contributed by atoms with van der Waals surface area (Å²) in [5, 5.41) is 0.841. The van der Waals surface area contributed by atoms with E-state index in [1.807, 2.05) is 28.3 Å². The highest BCUT2D eigenvalue weighted by atomic mass is 79.9. The predicted molar refractivity (Wildman–Crippen MR) is 96.7 cm³/mol. The Balaban J connectivity index is 1.69. The molecule has 114 valence electrons. The zero-order valence-corrected chi connectivity index (χ0v) is 14.8. The maximum Gasteiger partial charge on any atom is 0.108 e. The van der Waals surface area contributed by atoms with Gasteiger partial charge >= 0.3 is 0 Å². The molecule has 1 atom stereocenters. The third-order valence-corrected chi connectivity index (χ3v) is 5.22. The molecule has 0 aromatic heterocycles. The van der Waals surface area contributed by atoms with Crippen LogP contribution in [0.15, 0.2) is 60.9 Å². The van der Waals surface area contributed by atoms with Gasteiger partial charge in [-0.15, -0.1) is 0 Å². The van der Waals surface area contributed by atoms with E-state index in [0.717, 1.165) is 23.6 Å². The van der Waals surface area contributed by atoms with Crippen LogP contribution in [0, 0.1) is 0 Å². The molecule has 0 bridgehead atoms. The fourth-order valence-electron chi connectivity index (χ4n) is 2.61. The summed E-state index contributed by atoms with van der Waals surface area (Å²) < 4.78 is 2.02. The van der Waals surface area contributed by atoms with Gasteiger partial charge < -0.3 is 4.90 Å². The van der Waals surface area contributed by atoms with Gasteiger partial charge in [-0.05, 0) is 36.1 Å². The van der Waals surface area contributed by atoms with Gasteiger partial charge in [0.1, 0.15) is 6.17 Å². The van der Waals surface area contributed by atoms with Crippen molar-refractivity contribution in [1.29, 1.82) is 0 Å². The molecule has 2 aromatic rings. The van der Waals surface area contributed by atoms with Crippen molar-refractivity contribution < 1.29 is 0 Å². The Hall–Kier alpha value is -1.45. The smallest absolute Gasteiger partial charge is 0.108 e. The molecule has 0 aliphatic carbocycles. The van der Waals surface area contributed by atoms with E-state index in [0.29, 0.717) is 6.17 Å². The summed E-state index contributed by atoms with van der Waals surface area (Å²) in [5.74, 6) is 0. The zero-order chi connectivity index (χ0) is 15.5. The molecule has 1 unspecified atom stereocenters. The minimum atomic E-state index is 0.336. The van der Waals surface area contributed by atoms with Gasteiger partial charge in [-0.3, -0.25) is 3.93 Å². The number of hydrogen-bond acceptors (Lipinski definition) is 2. The second-order valence-corrected chi connectivity index (χ2v) is 6.66. The minimum Gasteiger partial charge on any atom is -0.355 e. The third-order valence-electron chi connectivity index (χ3n) is 4.04. The first kappa shape index (κ1) is 15.4. The fraction of sp³-hybridized carbons (Fsp3) is 0.222. The molecule has 0 radical (unpaired) electrons. The zero-order valence-electron chi connectivity index (χ0n) is 12.4. The van der Waals surface area contributed by atoms with Gasteiger partial charge in [0, 0.05) is 24.0 Å². The van der Waals surface area contributed by atoms with Crippen LogP contribution in [-0.2, 0) is 6.42 Å². The van der Waals surface area contributed by atoms with Crippen molar-refractivity contribution in [3.8, 4) is 11.1 Å². The van der Waals surface area contributed by atoms with Crippen LogP contribution in [0.2, 0.25) is 5.02 Å². The normalized spacial score (nSPS) is 17.3. The topological polar surface area (TPSA) is 6.48 Å². The summed E-state index contributed by atoms with van der Waals surface area (Å²) in [6, 6.07) is 16.7. The van der Waals surface area contributed by atoms with Crippen LogP contribution in [0.25, 0.3) is 11.1 Å². The summed E-state index contributed by atoms with van der Waals surface area (Å²) >= 11 is 9.97. The van der Waals surface area contributed by atoms with Gasteiger partial charge in [-0.2, -0.15) is 0 Å². The first-order valence-corrected chi connectivity index (χ1v) is 8.46. The van der Waals surface area contributed by atoms with Crippen molar-refractivity contribution in [2.45, 2.75) is 19.5 Å². The molecule has 0 N–H and O–H groups in total. The molecule has 0 amide bonds. The molecule has 1 aliphatic rings. The van der Waals surface area contributed by atoms with Crippen LogP contribution < -0.4 is 0 Å². The molecule has 4 heteroatoms. The van der Waals surface area contributed by atoms with Crippen LogP contribution in [0.4, 0.5) is 0 Å². The molecule has 2 aromatic carbocycles. The maximum atomic E-state index is 6.47. The summed E-state index contributed by atoms with van der Waals surface area (Å²) in [7, 11) is 0. The van der Waals surface area contributed by atoms with Crippen LogP contribution in [0.5, 0.6) is 0 Å². The van der Waals surface area contributed by atoms with Crippen LogP contribution in [0.1, 0.15) is 12.5 Å². The van der Waals surface area contributed by atoms with Gasteiger partial charge in [0.25, 0.3) is 0 Å². The maximum absolute atomic E-state index is 6.47. The highest BCUT2D eigenvalue weighted by molar-refractivity contribution is 9.07. The van der Waals surface area contributed by atoms with E-state index in [9.17, 15) is 0 Å². The second-order valence-electron chi connectivity index (χ2n) is 5.43. The molecular formula is C18H18BrClN2. The Kier molecular flexibility index (Phi) is 4.74. The molecular weight excluding hydrogens is 360 g/mol. The standard InChI is InChI=1S/C18H18BrClN2/c1-14-21(11-12-22(14)19)10-9-16-7-8-17(13-18(16)20)15-5-3-2-4-6-15/h2-8,11-14H,9-10H2,1H3. The first-order valence-electron chi connectivity index (χ1n) is 7.37.